The van der Waals surface area contributed by atoms with E-state index in [0.717, 1.165) is 6.07 Å². The number of rotatable bonds is 3. The Morgan fingerprint density at radius 3 is 2.70 bits per heavy atom. The van der Waals surface area contributed by atoms with Crippen molar-refractivity contribution in [2.75, 3.05) is 13.1 Å². The Hall–Kier alpha value is -0.960. The second-order valence-electron chi connectivity index (χ2n) is 4.61. The van der Waals surface area contributed by atoms with E-state index < -0.39 is 22.1 Å². The van der Waals surface area contributed by atoms with E-state index in [1.165, 1.54) is 16.4 Å². The van der Waals surface area contributed by atoms with Gasteiger partial charge in [0.15, 0.2) is 0 Å². The smallest absolute Gasteiger partial charge is 0.335 e. The van der Waals surface area contributed by atoms with E-state index in [4.69, 9.17) is 5.11 Å². The third-order valence-corrected chi connectivity index (χ3v) is 6.01. The first-order valence-corrected chi connectivity index (χ1v) is 8.26. The van der Waals surface area contributed by atoms with Crippen LogP contribution in [0.3, 0.4) is 0 Å². The Morgan fingerprint density at radius 1 is 1.40 bits per heavy atom. The predicted octanol–water partition coefficient (Wildman–Crippen LogP) is 1.29. The topological polar surface area (TPSA) is 94.9 Å². The van der Waals surface area contributed by atoms with Crippen molar-refractivity contribution in [3.63, 3.8) is 0 Å². The van der Waals surface area contributed by atoms with Gasteiger partial charge in [0, 0.05) is 17.6 Å². The van der Waals surface area contributed by atoms with Crippen molar-refractivity contribution in [1.29, 1.82) is 0 Å². The number of sulfonamides is 1. The maximum atomic E-state index is 12.5. The maximum absolute atomic E-state index is 12.5. The average molecular weight is 364 g/mol. The van der Waals surface area contributed by atoms with Gasteiger partial charge in [-0.1, -0.05) is 0 Å². The van der Waals surface area contributed by atoms with Gasteiger partial charge >= 0.3 is 5.97 Å². The standard InChI is InChI=1S/C12H14BrNO5S/c13-10-4-3-8(12(16)17)6-11(10)20(18,19)14-5-1-2-9(15)7-14/h3-4,6,9,15H,1-2,5,7H2,(H,16,17)/t9-/m0/s1. The van der Waals surface area contributed by atoms with Crippen LogP contribution in [0.4, 0.5) is 0 Å². The second-order valence-corrected chi connectivity index (χ2v) is 7.37. The molecule has 0 amide bonds. The monoisotopic (exact) mass is 363 g/mol. The fourth-order valence-corrected chi connectivity index (χ4v) is 4.58. The van der Waals surface area contributed by atoms with Gasteiger partial charge < -0.3 is 10.2 Å². The van der Waals surface area contributed by atoms with Gasteiger partial charge in [-0.2, -0.15) is 4.31 Å². The highest BCUT2D eigenvalue weighted by molar-refractivity contribution is 9.10. The lowest BCUT2D eigenvalue weighted by Gasteiger charge is -2.29. The van der Waals surface area contributed by atoms with E-state index in [1.807, 2.05) is 0 Å². The van der Waals surface area contributed by atoms with Crippen molar-refractivity contribution in [3.05, 3.63) is 28.2 Å². The number of β-amino-alcohol motifs (C(OH)–C–C–N with tert-alkyl or cyclic N) is 1. The molecular weight excluding hydrogens is 350 g/mol. The SMILES string of the molecule is O=C(O)c1ccc(Br)c(S(=O)(=O)N2CCC[C@H](O)C2)c1. The number of aliphatic hydroxyl groups excluding tert-OH is 1. The third-order valence-electron chi connectivity index (χ3n) is 3.16. The molecule has 6 nitrogen and oxygen atoms in total. The van der Waals surface area contributed by atoms with Gasteiger partial charge in [-0.05, 0) is 47.0 Å². The number of hydrogen-bond donors (Lipinski definition) is 2. The molecule has 0 unspecified atom stereocenters. The quantitative estimate of drug-likeness (QED) is 0.843. The van der Waals surface area contributed by atoms with E-state index >= 15 is 0 Å². The van der Waals surface area contributed by atoms with Crippen LogP contribution in [0.2, 0.25) is 0 Å². The first kappa shape index (κ1) is 15.4. The van der Waals surface area contributed by atoms with Crippen LogP contribution in [0.1, 0.15) is 23.2 Å². The van der Waals surface area contributed by atoms with Crippen molar-refractivity contribution in [2.24, 2.45) is 0 Å². The van der Waals surface area contributed by atoms with Crippen molar-refractivity contribution in [2.45, 2.75) is 23.8 Å². The Balaban J connectivity index is 2.43. The minimum Gasteiger partial charge on any atom is -0.478 e. The lowest BCUT2D eigenvalue weighted by molar-refractivity contribution is 0.0696. The molecule has 1 aromatic rings. The molecule has 1 aliphatic heterocycles. The summed E-state index contributed by atoms with van der Waals surface area (Å²) in [6.07, 6.45) is 0.471. The number of carbonyl (C=O) groups is 1. The number of nitrogens with zero attached hydrogens (tertiary/aromatic N) is 1. The van der Waals surface area contributed by atoms with Crippen LogP contribution in [-0.2, 0) is 10.0 Å². The molecule has 1 fully saturated rings. The molecule has 8 heteroatoms. The molecule has 1 atom stereocenters. The third kappa shape index (κ3) is 3.03. The van der Waals surface area contributed by atoms with E-state index in [2.05, 4.69) is 15.9 Å². The van der Waals surface area contributed by atoms with Gasteiger partial charge in [0.2, 0.25) is 10.0 Å². The van der Waals surface area contributed by atoms with E-state index in [0.29, 0.717) is 23.9 Å². The fourth-order valence-electron chi connectivity index (χ4n) is 2.11. The van der Waals surface area contributed by atoms with Gasteiger partial charge in [0.1, 0.15) is 0 Å². The summed E-state index contributed by atoms with van der Waals surface area (Å²) in [6.45, 7) is 0.356. The summed E-state index contributed by atoms with van der Waals surface area (Å²) in [4.78, 5) is 10.9. The second kappa shape index (κ2) is 5.80. The normalized spacial score (nSPS) is 20.8. The molecule has 1 aromatic carbocycles. The molecule has 1 aliphatic rings. The van der Waals surface area contributed by atoms with Crippen LogP contribution in [0.25, 0.3) is 0 Å². The number of piperidine rings is 1. The minimum absolute atomic E-state index is 0.0338. The van der Waals surface area contributed by atoms with E-state index in [-0.39, 0.29) is 17.0 Å². The highest BCUT2D eigenvalue weighted by atomic mass is 79.9. The van der Waals surface area contributed by atoms with Crippen LogP contribution in [0, 0.1) is 0 Å². The molecule has 110 valence electrons. The van der Waals surface area contributed by atoms with Gasteiger partial charge in [0.25, 0.3) is 0 Å². The first-order valence-electron chi connectivity index (χ1n) is 6.03. The molecule has 20 heavy (non-hydrogen) atoms. The van der Waals surface area contributed by atoms with E-state index in [9.17, 15) is 18.3 Å². The number of benzene rings is 1. The molecule has 0 radical (unpaired) electrons. The Labute approximate surface area is 125 Å². The first-order chi connectivity index (χ1) is 9.32. The lowest BCUT2D eigenvalue weighted by Crippen LogP contribution is -2.42. The highest BCUT2D eigenvalue weighted by Crippen LogP contribution is 2.28. The molecule has 0 bridgehead atoms. The largest absolute Gasteiger partial charge is 0.478 e. The molecule has 1 saturated heterocycles. The van der Waals surface area contributed by atoms with Gasteiger partial charge in [-0.25, -0.2) is 13.2 Å². The zero-order valence-corrected chi connectivity index (χ0v) is 12.9. The van der Waals surface area contributed by atoms with E-state index in [1.54, 1.807) is 0 Å². The molecule has 0 spiro atoms. The van der Waals surface area contributed by atoms with Crippen LogP contribution in [0.5, 0.6) is 0 Å². The maximum Gasteiger partial charge on any atom is 0.335 e. The zero-order chi connectivity index (χ0) is 14.9. The number of aromatic carboxylic acids is 1. The predicted molar refractivity (Wildman–Crippen MR) is 75.1 cm³/mol. The average Bonchev–Trinajstić information content (AvgIpc) is 2.38. The lowest BCUT2D eigenvalue weighted by atomic mass is 10.1. The molecule has 2 rings (SSSR count). The number of hydrogen-bond acceptors (Lipinski definition) is 4. The summed E-state index contributed by atoms with van der Waals surface area (Å²) in [5.74, 6) is -1.19. The summed E-state index contributed by atoms with van der Waals surface area (Å²) >= 11 is 3.14. The van der Waals surface area contributed by atoms with Gasteiger partial charge in [-0.15, -0.1) is 0 Å². The molecular formula is C12H14BrNO5S. The van der Waals surface area contributed by atoms with Crippen LogP contribution in [0.15, 0.2) is 27.6 Å². The Kier molecular flexibility index (Phi) is 4.48. The zero-order valence-electron chi connectivity index (χ0n) is 10.5. The Bertz CT molecular complexity index is 631. The molecule has 0 saturated carbocycles. The Morgan fingerprint density at radius 2 is 2.10 bits per heavy atom. The van der Waals surface area contributed by atoms with Crippen LogP contribution in [-0.4, -0.2) is 48.1 Å². The number of aliphatic hydroxyl groups is 1. The van der Waals surface area contributed by atoms with Crippen molar-refractivity contribution >= 4 is 31.9 Å². The minimum atomic E-state index is -3.82. The van der Waals surface area contributed by atoms with Crippen LogP contribution >= 0.6 is 15.9 Å². The highest BCUT2D eigenvalue weighted by Gasteiger charge is 2.31. The molecule has 2 N–H and O–H groups in total. The molecule has 0 aliphatic carbocycles. The van der Waals surface area contributed by atoms with Crippen LogP contribution < -0.4 is 0 Å². The summed E-state index contributed by atoms with van der Waals surface area (Å²) < 4.78 is 26.5. The number of carboxylic acid groups (broad SMARTS) is 1. The van der Waals surface area contributed by atoms with Gasteiger partial charge in [0.05, 0.1) is 16.6 Å². The van der Waals surface area contributed by atoms with Crippen molar-refractivity contribution < 1.29 is 23.4 Å². The summed E-state index contributed by atoms with van der Waals surface area (Å²) in [6, 6.07) is 3.86. The van der Waals surface area contributed by atoms with Gasteiger partial charge in [-0.3, -0.25) is 0 Å². The number of halogens is 1. The van der Waals surface area contributed by atoms with Crippen molar-refractivity contribution in [3.8, 4) is 0 Å². The van der Waals surface area contributed by atoms with Crippen molar-refractivity contribution in [1.82, 2.24) is 4.31 Å². The number of carboxylic acids is 1. The fraction of sp³-hybridized carbons (Fsp3) is 0.417. The summed E-state index contributed by atoms with van der Waals surface area (Å²) in [7, 11) is -3.82. The molecule has 0 aromatic heterocycles. The molecule has 1 heterocycles. The summed E-state index contributed by atoms with van der Waals surface area (Å²) in [5.41, 5.74) is -0.0932. The summed E-state index contributed by atoms with van der Waals surface area (Å²) in [5, 5.41) is 18.5.